The van der Waals surface area contributed by atoms with Crippen LogP contribution in [-0.2, 0) is 33.8 Å². The first-order chi connectivity index (χ1) is 16.1. The van der Waals surface area contributed by atoms with Crippen LogP contribution in [0.4, 0.5) is 14.9 Å². The number of benzene rings is 1. The number of anilines is 1. The van der Waals surface area contributed by atoms with Crippen LogP contribution in [0.5, 0.6) is 0 Å². The molecule has 0 N–H and O–H groups in total. The van der Waals surface area contributed by atoms with Crippen molar-refractivity contribution >= 4 is 45.4 Å². The molecule has 0 spiro atoms. The number of hydrogen-bond donors (Lipinski definition) is 0. The van der Waals surface area contributed by atoms with Crippen molar-refractivity contribution in [2.45, 2.75) is 44.3 Å². The number of ether oxygens (including phenoxy) is 3. The molecular formula is C21H24ClFNNaO9S. The summed E-state index contributed by atoms with van der Waals surface area (Å²) in [4.78, 5) is 34.7. The fraction of sp³-hybridized carbons (Fsp3) is 0.476. The molecule has 10 nitrogen and oxygen atoms in total. The number of carboxylic acids is 1. The summed E-state index contributed by atoms with van der Waals surface area (Å²) in [6, 6.07) is 2.96. The molecule has 1 atom stereocenters. The number of hydrogen-bond acceptors (Lipinski definition) is 9. The number of esters is 1. The van der Waals surface area contributed by atoms with E-state index in [1.54, 1.807) is 6.92 Å². The number of nitrogens with zero attached hydrogens (tertiary/aromatic N) is 1. The third kappa shape index (κ3) is 8.94. The molecule has 1 unspecified atom stereocenters. The zero-order valence-corrected chi connectivity index (χ0v) is 22.9. The maximum atomic E-state index is 13.6. The Morgan fingerprint density at radius 1 is 1.23 bits per heavy atom. The fourth-order valence-electron chi connectivity index (χ4n) is 3.23. The molecule has 1 aliphatic carbocycles. The van der Waals surface area contributed by atoms with Crippen LogP contribution in [0, 0.1) is 5.82 Å². The van der Waals surface area contributed by atoms with Gasteiger partial charge in [-0.15, -0.1) is 0 Å². The summed E-state index contributed by atoms with van der Waals surface area (Å²) in [5.41, 5.74) is -0.234. The Kier molecular flexibility index (Phi) is 13.0. The van der Waals surface area contributed by atoms with Crippen LogP contribution in [0.3, 0.4) is 0 Å². The van der Waals surface area contributed by atoms with Gasteiger partial charge in [0.15, 0.2) is 6.73 Å². The fourth-order valence-corrected chi connectivity index (χ4v) is 5.47. The molecule has 2 rings (SSSR count). The minimum Gasteiger partial charge on any atom is -0.550 e. The molecule has 1 aromatic carbocycles. The molecule has 1 aliphatic rings. The average Bonchev–Trinajstić information content (AvgIpc) is 2.78. The monoisotopic (exact) mass is 543 g/mol. The van der Waals surface area contributed by atoms with Crippen LogP contribution in [0.2, 0.25) is 5.02 Å². The minimum atomic E-state index is -4.42. The number of sulfonamides is 1. The minimum absolute atomic E-state index is 0. The second-order valence-corrected chi connectivity index (χ2v) is 9.58. The number of carboxylic acid groups (broad SMARTS) is 1. The number of halogens is 2. The number of rotatable bonds is 11. The molecule has 0 amide bonds. The van der Waals surface area contributed by atoms with E-state index in [1.165, 1.54) is 6.08 Å². The standard InChI is InChI=1S/C21H25ClFNO9S.Na/c1-2-31-20(27)15-6-3-4-7-18(15)34(29,30)24(17-10-9-14(23)12-16(17)22)13-33-21(28)32-11-5-8-19(25)26;/h6,9-10,12,18H,2-5,7-8,11,13H2,1H3,(H,25,26);/q;+1/p-1. The van der Waals surface area contributed by atoms with E-state index in [0.717, 1.165) is 18.2 Å². The second-order valence-electron chi connectivity index (χ2n) is 7.14. The Bertz CT molecular complexity index is 1050. The van der Waals surface area contributed by atoms with Crippen LogP contribution in [0.25, 0.3) is 0 Å². The van der Waals surface area contributed by atoms with Crippen LogP contribution in [0.1, 0.15) is 39.0 Å². The van der Waals surface area contributed by atoms with Gasteiger partial charge >= 0.3 is 41.7 Å². The Morgan fingerprint density at radius 3 is 2.57 bits per heavy atom. The molecule has 0 heterocycles. The molecule has 0 saturated carbocycles. The molecular weight excluding hydrogens is 520 g/mol. The van der Waals surface area contributed by atoms with Crippen molar-refractivity contribution in [3.05, 3.63) is 40.7 Å². The Hall–Kier alpha value is -1.86. The maximum absolute atomic E-state index is 13.6. The first-order valence-electron chi connectivity index (χ1n) is 10.4. The Balaban J connectivity index is 0.00000612. The molecule has 0 bridgehead atoms. The molecule has 0 aromatic heterocycles. The third-order valence-electron chi connectivity index (χ3n) is 4.78. The normalized spacial score (nSPS) is 15.3. The van der Waals surface area contributed by atoms with Gasteiger partial charge in [0.1, 0.15) is 11.1 Å². The van der Waals surface area contributed by atoms with Gasteiger partial charge in [-0.1, -0.05) is 17.7 Å². The average molecular weight is 544 g/mol. The SMILES string of the molecule is CCOC(=O)C1=CCCCC1S(=O)(=O)N(COC(=O)OCCCC(=O)[O-])c1ccc(F)cc1Cl.[Na+]. The van der Waals surface area contributed by atoms with E-state index in [2.05, 4.69) is 0 Å². The van der Waals surface area contributed by atoms with Crippen molar-refractivity contribution in [3.8, 4) is 0 Å². The predicted molar refractivity (Wildman–Crippen MR) is 117 cm³/mol. The van der Waals surface area contributed by atoms with Gasteiger partial charge in [0, 0.05) is 5.97 Å². The van der Waals surface area contributed by atoms with E-state index in [0.29, 0.717) is 17.1 Å². The maximum Gasteiger partial charge on any atom is 1.00 e. The summed E-state index contributed by atoms with van der Waals surface area (Å²) in [6.45, 7) is 0.444. The van der Waals surface area contributed by atoms with Gasteiger partial charge in [-0.2, -0.15) is 0 Å². The van der Waals surface area contributed by atoms with Gasteiger partial charge in [0.05, 0.1) is 29.5 Å². The summed E-state index contributed by atoms with van der Waals surface area (Å²) in [7, 11) is -4.42. The molecule has 1 aromatic rings. The van der Waals surface area contributed by atoms with Gasteiger partial charge < -0.3 is 24.1 Å². The van der Waals surface area contributed by atoms with Crippen molar-refractivity contribution < 1.29 is 76.1 Å². The van der Waals surface area contributed by atoms with Crippen molar-refractivity contribution in [1.82, 2.24) is 0 Å². The molecule has 35 heavy (non-hydrogen) atoms. The molecule has 0 fully saturated rings. The number of allylic oxidation sites excluding steroid dienone is 1. The van der Waals surface area contributed by atoms with Crippen LogP contribution in [0.15, 0.2) is 29.8 Å². The van der Waals surface area contributed by atoms with Crippen molar-refractivity contribution in [1.29, 1.82) is 0 Å². The number of carbonyl (C=O) groups excluding carboxylic acids is 3. The van der Waals surface area contributed by atoms with Crippen LogP contribution < -0.4 is 39.0 Å². The van der Waals surface area contributed by atoms with Crippen molar-refractivity contribution in [3.63, 3.8) is 0 Å². The third-order valence-corrected chi connectivity index (χ3v) is 7.21. The quantitative estimate of drug-likeness (QED) is 0.153. The van der Waals surface area contributed by atoms with Crippen molar-refractivity contribution in [2.75, 3.05) is 24.2 Å². The molecule has 0 saturated heterocycles. The van der Waals surface area contributed by atoms with E-state index in [4.69, 9.17) is 25.8 Å². The zero-order valence-electron chi connectivity index (χ0n) is 19.3. The summed E-state index contributed by atoms with van der Waals surface area (Å²) in [6.07, 6.45) is 0.895. The summed E-state index contributed by atoms with van der Waals surface area (Å²) >= 11 is 6.08. The zero-order chi connectivity index (χ0) is 25.3. The first kappa shape index (κ1) is 31.2. The van der Waals surface area contributed by atoms with E-state index < -0.39 is 45.9 Å². The van der Waals surface area contributed by atoms with E-state index in [-0.39, 0.29) is 78.3 Å². The number of carbonyl (C=O) groups is 3. The van der Waals surface area contributed by atoms with Gasteiger partial charge in [-0.3, -0.25) is 0 Å². The predicted octanol–water partition coefficient (Wildman–Crippen LogP) is -0.698. The van der Waals surface area contributed by atoms with Crippen LogP contribution in [-0.4, -0.2) is 51.7 Å². The van der Waals surface area contributed by atoms with Gasteiger partial charge in [-0.25, -0.2) is 26.7 Å². The summed E-state index contributed by atoms with van der Waals surface area (Å²) < 4.78 is 56.1. The van der Waals surface area contributed by atoms with E-state index >= 15 is 0 Å². The molecule has 0 radical (unpaired) electrons. The van der Waals surface area contributed by atoms with Crippen molar-refractivity contribution in [2.24, 2.45) is 0 Å². The van der Waals surface area contributed by atoms with E-state index in [9.17, 15) is 32.3 Å². The van der Waals surface area contributed by atoms with E-state index in [1.807, 2.05) is 0 Å². The van der Waals surface area contributed by atoms with Gasteiger partial charge in [-0.05, 0) is 57.2 Å². The second kappa shape index (κ2) is 14.6. The molecule has 0 aliphatic heterocycles. The Labute approximate surface area is 229 Å². The summed E-state index contributed by atoms with van der Waals surface area (Å²) in [5, 5.41) is 8.83. The first-order valence-corrected chi connectivity index (χ1v) is 12.3. The molecule has 14 heteroatoms. The van der Waals surface area contributed by atoms with Gasteiger partial charge in [0.2, 0.25) is 10.0 Å². The molecule has 188 valence electrons. The topological polar surface area (TPSA) is 139 Å². The van der Waals surface area contributed by atoms with Crippen LogP contribution >= 0.6 is 11.6 Å². The Morgan fingerprint density at radius 2 is 1.94 bits per heavy atom. The van der Waals surface area contributed by atoms with Gasteiger partial charge in [0.25, 0.3) is 0 Å². The smallest absolute Gasteiger partial charge is 0.550 e. The largest absolute Gasteiger partial charge is 1.00 e. The summed E-state index contributed by atoms with van der Waals surface area (Å²) in [5.74, 6) is -2.82. The number of aliphatic carboxylic acids is 1.